The average Bonchev–Trinajstić information content (AvgIpc) is 3.55. The molecule has 0 amide bonds. The minimum Gasteiger partial charge on any atom is -0.476 e. The molecule has 0 unspecified atom stereocenters. The molecular formula is C23H27N7OS. The van der Waals surface area contributed by atoms with Crippen molar-refractivity contribution in [3.05, 3.63) is 47.4 Å². The standard InChI is InChI=1S/C23H27N7OS/c1-14(2)17-5-9-26-30-23(17)31-10-7-15-3-4-16(11-15)19-12-20(29-28-19)27-22-21-18(6-8-24-22)25-13-32-21/h5-6,8-9,12-16H,3-4,7,10-11H2,1-2H3,(H2,24,27,28,29)/t15-,16-/m1/s1. The van der Waals surface area contributed by atoms with Crippen molar-refractivity contribution in [1.29, 1.82) is 0 Å². The summed E-state index contributed by atoms with van der Waals surface area (Å²) in [6, 6.07) is 6.02. The van der Waals surface area contributed by atoms with E-state index in [0.29, 0.717) is 30.2 Å². The van der Waals surface area contributed by atoms with Crippen LogP contribution in [0.5, 0.6) is 5.88 Å². The van der Waals surface area contributed by atoms with Gasteiger partial charge in [-0.25, -0.2) is 9.97 Å². The summed E-state index contributed by atoms with van der Waals surface area (Å²) >= 11 is 1.58. The molecule has 0 aromatic carbocycles. The highest BCUT2D eigenvalue weighted by molar-refractivity contribution is 7.17. The Kier molecular flexibility index (Phi) is 5.98. The number of fused-ring (bicyclic) bond motifs is 1. The maximum absolute atomic E-state index is 5.99. The second-order valence-corrected chi connectivity index (χ2v) is 9.51. The zero-order valence-electron chi connectivity index (χ0n) is 18.3. The average molecular weight is 450 g/mol. The summed E-state index contributed by atoms with van der Waals surface area (Å²) in [6.07, 6.45) is 8.04. The number of thiazole rings is 1. The van der Waals surface area contributed by atoms with E-state index < -0.39 is 0 Å². The second kappa shape index (κ2) is 9.20. The summed E-state index contributed by atoms with van der Waals surface area (Å²) in [5.41, 5.74) is 5.09. The van der Waals surface area contributed by atoms with Crippen LogP contribution in [0.3, 0.4) is 0 Å². The Hall–Kier alpha value is -3.07. The van der Waals surface area contributed by atoms with Gasteiger partial charge in [0.25, 0.3) is 0 Å². The lowest BCUT2D eigenvalue weighted by molar-refractivity contribution is 0.263. The van der Waals surface area contributed by atoms with Crippen LogP contribution in [0.2, 0.25) is 0 Å². The van der Waals surface area contributed by atoms with E-state index in [1.54, 1.807) is 23.7 Å². The van der Waals surface area contributed by atoms with Crippen LogP contribution in [0.15, 0.2) is 36.1 Å². The van der Waals surface area contributed by atoms with Gasteiger partial charge in [0, 0.05) is 29.4 Å². The van der Waals surface area contributed by atoms with Crippen LogP contribution in [0.4, 0.5) is 11.6 Å². The molecule has 5 rings (SSSR count). The maximum Gasteiger partial charge on any atom is 0.236 e. The van der Waals surface area contributed by atoms with Crippen LogP contribution in [0, 0.1) is 5.92 Å². The number of hydrogen-bond donors (Lipinski definition) is 2. The molecule has 0 bridgehead atoms. The van der Waals surface area contributed by atoms with Crippen molar-refractivity contribution in [3.8, 4) is 5.88 Å². The number of pyridine rings is 1. The Labute approximate surface area is 190 Å². The molecule has 1 aliphatic rings. The number of aromatic amines is 1. The van der Waals surface area contributed by atoms with Crippen LogP contribution in [-0.4, -0.2) is 37.0 Å². The van der Waals surface area contributed by atoms with Gasteiger partial charge in [0.05, 0.1) is 28.5 Å². The number of anilines is 2. The highest BCUT2D eigenvalue weighted by Crippen LogP contribution is 2.40. The molecule has 2 atom stereocenters. The van der Waals surface area contributed by atoms with Crippen LogP contribution < -0.4 is 10.1 Å². The van der Waals surface area contributed by atoms with Crippen molar-refractivity contribution in [2.24, 2.45) is 5.92 Å². The zero-order valence-corrected chi connectivity index (χ0v) is 19.1. The van der Waals surface area contributed by atoms with E-state index in [4.69, 9.17) is 4.74 Å². The minimum absolute atomic E-state index is 0.373. The molecule has 9 heteroatoms. The summed E-state index contributed by atoms with van der Waals surface area (Å²) in [5.74, 6) is 3.78. The molecule has 166 valence electrons. The van der Waals surface area contributed by atoms with Crippen molar-refractivity contribution < 1.29 is 4.74 Å². The van der Waals surface area contributed by atoms with E-state index in [1.165, 1.54) is 12.1 Å². The molecule has 0 radical (unpaired) electrons. The van der Waals surface area contributed by atoms with Crippen molar-refractivity contribution in [3.63, 3.8) is 0 Å². The molecular weight excluding hydrogens is 422 g/mol. The lowest BCUT2D eigenvalue weighted by atomic mass is 10.00. The molecule has 8 nitrogen and oxygen atoms in total. The SMILES string of the molecule is CC(C)c1ccnnc1OCC[C@H]1CC[C@@H](c2cc(Nc3nccc4ncsc34)n[nH]2)C1. The number of nitrogens with one attached hydrogen (secondary N) is 2. The normalized spacial score (nSPS) is 18.5. The van der Waals surface area contributed by atoms with Crippen molar-refractivity contribution >= 4 is 33.2 Å². The molecule has 1 fully saturated rings. The van der Waals surface area contributed by atoms with Gasteiger partial charge in [0.15, 0.2) is 11.6 Å². The quantitative estimate of drug-likeness (QED) is 0.370. The molecule has 1 saturated carbocycles. The maximum atomic E-state index is 5.99. The van der Waals surface area contributed by atoms with E-state index in [-0.39, 0.29) is 0 Å². The summed E-state index contributed by atoms with van der Waals surface area (Å²) in [4.78, 5) is 8.80. The first-order chi connectivity index (χ1) is 15.7. The van der Waals surface area contributed by atoms with Crippen LogP contribution in [0.25, 0.3) is 10.2 Å². The molecule has 0 saturated heterocycles. The first-order valence-corrected chi connectivity index (χ1v) is 12.0. The zero-order chi connectivity index (χ0) is 21.9. The Bertz CT molecular complexity index is 1190. The van der Waals surface area contributed by atoms with Crippen LogP contribution >= 0.6 is 11.3 Å². The lowest BCUT2D eigenvalue weighted by Crippen LogP contribution is -2.08. The highest BCUT2D eigenvalue weighted by Gasteiger charge is 2.27. The topological polar surface area (TPSA) is 102 Å². The predicted octanol–water partition coefficient (Wildman–Crippen LogP) is 5.42. The van der Waals surface area contributed by atoms with E-state index in [1.807, 2.05) is 17.6 Å². The largest absolute Gasteiger partial charge is 0.476 e. The number of aromatic nitrogens is 6. The first-order valence-electron chi connectivity index (χ1n) is 11.1. The Morgan fingerprint density at radius 2 is 2.16 bits per heavy atom. The highest BCUT2D eigenvalue weighted by atomic mass is 32.1. The molecule has 4 heterocycles. The molecule has 0 aliphatic heterocycles. The van der Waals surface area contributed by atoms with E-state index >= 15 is 0 Å². The molecule has 1 aliphatic carbocycles. The smallest absolute Gasteiger partial charge is 0.236 e. The summed E-state index contributed by atoms with van der Waals surface area (Å²) in [6.45, 7) is 4.97. The number of nitrogens with zero attached hydrogens (tertiary/aromatic N) is 5. The Morgan fingerprint density at radius 3 is 3.06 bits per heavy atom. The van der Waals surface area contributed by atoms with E-state index in [2.05, 4.69) is 55.6 Å². The molecule has 4 aromatic heterocycles. The van der Waals surface area contributed by atoms with Gasteiger partial charge in [-0.05, 0) is 49.7 Å². The van der Waals surface area contributed by atoms with Gasteiger partial charge >= 0.3 is 0 Å². The van der Waals surface area contributed by atoms with E-state index in [0.717, 1.165) is 46.7 Å². The third-order valence-corrected chi connectivity index (χ3v) is 7.02. The molecule has 4 aromatic rings. The lowest BCUT2D eigenvalue weighted by Gasteiger charge is -2.14. The third kappa shape index (κ3) is 4.43. The Balaban J connectivity index is 1.15. The number of rotatable bonds is 8. The van der Waals surface area contributed by atoms with Crippen LogP contribution in [-0.2, 0) is 0 Å². The van der Waals surface area contributed by atoms with Gasteiger partial charge in [-0.15, -0.1) is 16.4 Å². The van der Waals surface area contributed by atoms with Crippen LogP contribution in [0.1, 0.15) is 62.6 Å². The Morgan fingerprint density at radius 1 is 1.22 bits per heavy atom. The van der Waals surface area contributed by atoms with Gasteiger partial charge in [0.1, 0.15) is 0 Å². The fraction of sp³-hybridized carbons (Fsp3) is 0.435. The van der Waals surface area contributed by atoms with Crippen molar-refractivity contribution in [2.45, 2.75) is 51.4 Å². The molecule has 32 heavy (non-hydrogen) atoms. The first kappa shape index (κ1) is 20.8. The van der Waals surface area contributed by atoms with Gasteiger partial charge in [-0.2, -0.15) is 10.2 Å². The van der Waals surface area contributed by atoms with E-state index in [9.17, 15) is 0 Å². The second-order valence-electron chi connectivity index (χ2n) is 8.65. The number of H-pyrrole nitrogens is 1. The van der Waals surface area contributed by atoms with Gasteiger partial charge < -0.3 is 10.1 Å². The number of hydrogen-bond acceptors (Lipinski definition) is 8. The number of ether oxygens (including phenoxy) is 1. The van der Waals surface area contributed by atoms with Gasteiger partial charge in [-0.3, -0.25) is 5.10 Å². The molecule has 0 spiro atoms. The van der Waals surface area contributed by atoms with Crippen molar-refractivity contribution in [2.75, 3.05) is 11.9 Å². The van der Waals surface area contributed by atoms with Crippen molar-refractivity contribution in [1.82, 2.24) is 30.4 Å². The predicted molar refractivity (Wildman–Crippen MR) is 126 cm³/mol. The summed E-state index contributed by atoms with van der Waals surface area (Å²) in [5, 5.41) is 19.2. The summed E-state index contributed by atoms with van der Waals surface area (Å²) < 4.78 is 7.03. The van der Waals surface area contributed by atoms with Gasteiger partial charge in [-0.1, -0.05) is 13.8 Å². The summed E-state index contributed by atoms with van der Waals surface area (Å²) in [7, 11) is 0. The fourth-order valence-corrected chi connectivity index (χ4v) is 5.16. The monoisotopic (exact) mass is 449 g/mol. The molecule has 2 N–H and O–H groups in total. The minimum atomic E-state index is 0.373. The third-order valence-electron chi connectivity index (χ3n) is 6.17. The van der Waals surface area contributed by atoms with Gasteiger partial charge in [0.2, 0.25) is 5.88 Å². The fourth-order valence-electron chi connectivity index (χ4n) is 4.43.